The quantitative estimate of drug-likeness (QED) is 0.684. The van der Waals surface area contributed by atoms with Gasteiger partial charge in [-0.05, 0) is 86.7 Å². The summed E-state index contributed by atoms with van der Waals surface area (Å²) in [7, 11) is 3.90. The highest BCUT2D eigenvalue weighted by atomic mass is 16.7. The van der Waals surface area contributed by atoms with Crippen molar-refractivity contribution < 1.29 is 14.3 Å². The third-order valence-electron chi connectivity index (χ3n) is 10.4. The van der Waals surface area contributed by atoms with E-state index in [0.29, 0.717) is 11.7 Å². The lowest BCUT2D eigenvalue weighted by Gasteiger charge is -2.59. The lowest BCUT2D eigenvalue weighted by Crippen LogP contribution is -2.56. The highest BCUT2D eigenvalue weighted by Gasteiger charge is 2.71. The Balaban J connectivity index is 1.37. The van der Waals surface area contributed by atoms with Gasteiger partial charge in [-0.25, -0.2) is 0 Å². The first-order valence-corrected chi connectivity index (χ1v) is 11.5. The Morgan fingerprint density at radius 3 is 2.71 bits per heavy atom. The highest BCUT2D eigenvalue weighted by molar-refractivity contribution is 5.92. The lowest BCUT2D eigenvalue weighted by molar-refractivity contribution is -0.222. The van der Waals surface area contributed by atoms with Gasteiger partial charge in [-0.1, -0.05) is 19.4 Å². The predicted octanol–water partition coefficient (Wildman–Crippen LogP) is 4.01. The van der Waals surface area contributed by atoms with Gasteiger partial charge in [0.2, 0.25) is 6.41 Å². The smallest absolute Gasteiger partial charge is 0.218 e. The second kappa shape index (κ2) is 5.50. The fourth-order valence-electron chi connectivity index (χ4n) is 8.97. The first kappa shape index (κ1) is 18.1. The van der Waals surface area contributed by atoms with E-state index in [4.69, 9.17) is 9.47 Å². The van der Waals surface area contributed by atoms with E-state index in [1.165, 1.54) is 32.1 Å². The molecule has 28 heavy (non-hydrogen) atoms. The van der Waals surface area contributed by atoms with Crippen LogP contribution in [0.25, 0.3) is 0 Å². The normalized spacial score (nSPS) is 57.4. The monoisotopic (exact) mass is 385 g/mol. The molecule has 1 saturated heterocycles. The molecule has 1 heterocycles. The molecule has 0 N–H and O–H groups in total. The molecule has 4 nitrogen and oxygen atoms in total. The number of likely N-dealkylation sites (N-methyl/N-ethyl adjacent to an activating group) is 1. The average molecular weight is 386 g/mol. The lowest BCUT2D eigenvalue weighted by atomic mass is 9.46. The Morgan fingerprint density at radius 2 is 1.96 bits per heavy atom. The van der Waals surface area contributed by atoms with Gasteiger partial charge in [0.05, 0.1) is 5.60 Å². The van der Waals surface area contributed by atoms with Gasteiger partial charge in [0.25, 0.3) is 0 Å². The minimum atomic E-state index is -0.190. The molecule has 0 amide bonds. The maximum absolute atomic E-state index is 12.2. The Labute approximate surface area is 169 Å². The number of methoxy groups -OCH3 is 1. The molecule has 0 aromatic carbocycles. The van der Waals surface area contributed by atoms with Crippen LogP contribution in [0.1, 0.15) is 58.8 Å². The van der Waals surface area contributed by atoms with E-state index in [-0.39, 0.29) is 22.8 Å². The predicted molar refractivity (Wildman–Crippen MR) is 106 cm³/mol. The zero-order chi connectivity index (χ0) is 19.5. The van der Waals surface area contributed by atoms with E-state index in [9.17, 15) is 4.79 Å². The molecule has 0 radical (unpaired) electrons. The van der Waals surface area contributed by atoms with Crippen molar-refractivity contribution in [1.29, 1.82) is 0 Å². The molecule has 1 aliphatic heterocycles. The van der Waals surface area contributed by atoms with Gasteiger partial charge in [-0.2, -0.15) is 0 Å². The van der Waals surface area contributed by atoms with E-state index in [1.807, 2.05) is 0 Å². The maximum atomic E-state index is 12.2. The summed E-state index contributed by atoms with van der Waals surface area (Å²) >= 11 is 0. The van der Waals surface area contributed by atoms with Crippen LogP contribution in [0.3, 0.4) is 0 Å². The molecule has 6 rings (SSSR count). The summed E-state index contributed by atoms with van der Waals surface area (Å²) in [5, 5.41) is 0. The molecule has 4 saturated carbocycles. The zero-order valence-electron chi connectivity index (χ0n) is 17.9. The maximum Gasteiger partial charge on any atom is 0.218 e. The Morgan fingerprint density at radius 1 is 1.18 bits per heavy atom. The van der Waals surface area contributed by atoms with Crippen LogP contribution in [0.5, 0.6) is 0 Å². The summed E-state index contributed by atoms with van der Waals surface area (Å²) in [6.07, 6.45) is 10.1. The summed E-state index contributed by atoms with van der Waals surface area (Å²) in [5.74, 6) is 4.27. The Hall–Kier alpha value is -0.710. The van der Waals surface area contributed by atoms with E-state index in [0.717, 1.165) is 43.1 Å². The van der Waals surface area contributed by atoms with Gasteiger partial charge in [-0.3, -0.25) is 9.69 Å². The van der Waals surface area contributed by atoms with E-state index < -0.39 is 0 Å². The van der Waals surface area contributed by atoms with Crippen LogP contribution in [0, 0.1) is 40.4 Å². The fraction of sp³-hybridized carbons (Fsp3) is 0.875. The van der Waals surface area contributed by atoms with Crippen LogP contribution in [0.4, 0.5) is 0 Å². The van der Waals surface area contributed by atoms with Gasteiger partial charge in [0.1, 0.15) is 0 Å². The molecular weight excluding hydrogens is 350 g/mol. The third-order valence-corrected chi connectivity index (χ3v) is 10.4. The zero-order valence-corrected chi connectivity index (χ0v) is 17.9. The number of fused-ring (bicyclic) bond motifs is 9. The van der Waals surface area contributed by atoms with Crippen molar-refractivity contribution in [3.63, 3.8) is 0 Å². The van der Waals surface area contributed by atoms with Crippen molar-refractivity contribution in [1.82, 2.24) is 4.90 Å². The van der Waals surface area contributed by atoms with Crippen LogP contribution in [0.15, 0.2) is 11.6 Å². The molecule has 6 aliphatic rings. The van der Waals surface area contributed by atoms with Crippen molar-refractivity contribution in [2.45, 2.75) is 70.8 Å². The number of rotatable bonds is 1. The van der Waals surface area contributed by atoms with Crippen LogP contribution in [-0.2, 0) is 14.3 Å². The van der Waals surface area contributed by atoms with Gasteiger partial charge in [0, 0.05) is 25.5 Å². The minimum absolute atomic E-state index is 0.0397. The van der Waals surface area contributed by atoms with Crippen molar-refractivity contribution in [3.05, 3.63) is 11.6 Å². The van der Waals surface area contributed by atoms with Crippen molar-refractivity contribution >= 4 is 5.78 Å². The number of hydrogen-bond donors (Lipinski definition) is 0. The molecule has 0 bridgehead atoms. The summed E-state index contributed by atoms with van der Waals surface area (Å²) in [5.41, 5.74) is 2.03. The summed E-state index contributed by atoms with van der Waals surface area (Å²) in [6, 6.07) is 0. The number of nitrogens with zero attached hydrogens (tertiary/aromatic N) is 1. The van der Waals surface area contributed by atoms with Crippen molar-refractivity contribution in [2.75, 3.05) is 20.7 Å². The van der Waals surface area contributed by atoms with Crippen molar-refractivity contribution in [3.8, 4) is 0 Å². The molecule has 9 atom stereocenters. The van der Waals surface area contributed by atoms with Crippen LogP contribution >= 0.6 is 0 Å². The number of hydrogen-bond acceptors (Lipinski definition) is 4. The Kier molecular flexibility index (Phi) is 3.55. The number of ether oxygens (including phenoxy) is 2. The fourth-order valence-corrected chi connectivity index (χ4v) is 8.97. The number of allylic oxidation sites excluding steroid dienone is 1. The third kappa shape index (κ3) is 2.00. The summed E-state index contributed by atoms with van der Waals surface area (Å²) in [4.78, 5) is 14.4. The molecule has 8 unspecified atom stereocenters. The first-order chi connectivity index (χ1) is 13.3. The average Bonchev–Trinajstić information content (AvgIpc) is 3.31. The second-order valence-corrected chi connectivity index (χ2v) is 11.3. The summed E-state index contributed by atoms with van der Waals surface area (Å²) < 4.78 is 12.3. The topological polar surface area (TPSA) is 38.8 Å². The molecule has 0 aromatic heterocycles. The van der Waals surface area contributed by atoms with Crippen molar-refractivity contribution in [2.24, 2.45) is 40.4 Å². The minimum Gasteiger partial charge on any atom is -0.343 e. The number of carbonyl (C=O) groups is 1. The SMILES string of the molecule is COC1OC2(CCC3C4C(CCC32C)C2(C)CCC(=O)C=C2C2C[C@@H]24)CN1C. The van der Waals surface area contributed by atoms with E-state index >= 15 is 0 Å². The van der Waals surface area contributed by atoms with Gasteiger partial charge in [-0.15, -0.1) is 0 Å². The molecule has 5 fully saturated rings. The standard InChI is InChI=1S/C24H35NO3/c1-22-8-5-14(26)11-19(22)15-12-16(15)20-17(22)6-9-23(2)18(20)7-10-24(23)13-25(3)21(27-4)28-24/h11,15-18,20-21H,5-10,12-13H2,1-4H3/t15?,16-,17?,18?,20?,21?,22?,23?,24?/m0/s1. The van der Waals surface area contributed by atoms with Gasteiger partial charge in [0.15, 0.2) is 5.78 Å². The number of carbonyl (C=O) groups excluding carboxylic acids is 1. The largest absolute Gasteiger partial charge is 0.343 e. The Bertz CT molecular complexity index is 763. The van der Waals surface area contributed by atoms with Gasteiger partial charge < -0.3 is 9.47 Å². The summed E-state index contributed by atoms with van der Waals surface area (Å²) in [6.45, 7) is 6.05. The van der Waals surface area contributed by atoms with Crippen LogP contribution in [0.2, 0.25) is 0 Å². The molecule has 5 aliphatic carbocycles. The van der Waals surface area contributed by atoms with Crippen LogP contribution < -0.4 is 0 Å². The van der Waals surface area contributed by atoms with E-state index in [2.05, 4.69) is 31.9 Å². The number of ketones is 1. The van der Waals surface area contributed by atoms with Crippen LogP contribution in [-0.4, -0.2) is 43.4 Å². The molecule has 0 aromatic rings. The molecule has 1 spiro atoms. The molecule has 4 heteroatoms. The second-order valence-electron chi connectivity index (χ2n) is 11.3. The molecule has 154 valence electrons. The highest BCUT2D eigenvalue weighted by Crippen LogP contribution is 2.75. The molecular formula is C24H35NO3. The van der Waals surface area contributed by atoms with Gasteiger partial charge >= 0.3 is 0 Å². The van der Waals surface area contributed by atoms with E-state index in [1.54, 1.807) is 12.7 Å². The first-order valence-electron chi connectivity index (χ1n) is 11.5.